The van der Waals surface area contributed by atoms with Gasteiger partial charge >= 0.3 is 0 Å². The number of nitrogens with zero attached hydrogens (tertiary/aromatic N) is 5. The predicted octanol–water partition coefficient (Wildman–Crippen LogP) is 0.194. The maximum Gasteiger partial charge on any atom is 0.0949 e. The molecule has 0 amide bonds. The van der Waals surface area contributed by atoms with Crippen molar-refractivity contribution in [3.63, 3.8) is 0 Å². The topological polar surface area (TPSA) is 74.5 Å². The number of rotatable bonds is 4. The second-order valence-corrected chi connectivity index (χ2v) is 3.47. The van der Waals surface area contributed by atoms with Crippen LogP contribution in [0.15, 0.2) is 24.9 Å². The van der Waals surface area contributed by atoms with Gasteiger partial charge in [0.15, 0.2) is 0 Å². The molecule has 0 saturated carbocycles. The molecule has 0 aliphatic rings. The van der Waals surface area contributed by atoms with E-state index in [1.54, 1.807) is 23.4 Å². The van der Waals surface area contributed by atoms with Crippen molar-refractivity contribution in [1.82, 2.24) is 24.5 Å². The highest BCUT2D eigenvalue weighted by Gasteiger charge is 2.06. The summed E-state index contributed by atoms with van der Waals surface area (Å²) in [7, 11) is 0. The molecule has 2 N–H and O–H groups in total. The highest BCUT2D eigenvalue weighted by Crippen LogP contribution is 2.08. The summed E-state index contributed by atoms with van der Waals surface area (Å²) in [5.41, 5.74) is 6.85. The molecule has 1 atom stereocenters. The second kappa shape index (κ2) is 4.22. The Labute approximate surface area is 87.7 Å². The largest absolute Gasteiger partial charge is 0.331 e. The van der Waals surface area contributed by atoms with Gasteiger partial charge in [0.05, 0.1) is 24.8 Å². The average Bonchev–Trinajstić information content (AvgIpc) is 2.86. The van der Waals surface area contributed by atoms with Gasteiger partial charge in [0, 0.05) is 25.0 Å². The van der Waals surface area contributed by atoms with Crippen LogP contribution in [-0.2, 0) is 13.1 Å². The van der Waals surface area contributed by atoms with Crippen molar-refractivity contribution in [3.8, 4) is 0 Å². The van der Waals surface area contributed by atoms with Crippen molar-refractivity contribution in [2.75, 3.05) is 0 Å². The molecule has 0 radical (unpaired) electrons. The number of aryl methyl sites for hydroxylation is 2. The Morgan fingerprint density at radius 3 is 3.00 bits per heavy atom. The quantitative estimate of drug-likeness (QED) is 0.775. The SMILES string of the molecule is CC(N)c1cncn1CCn1ccnn1. The van der Waals surface area contributed by atoms with Gasteiger partial charge in [-0.25, -0.2) is 4.98 Å². The van der Waals surface area contributed by atoms with Crippen molar-refractivity contribution < 1.29 is 0 Å². The van der Waals surface area contributed by atoms with Gasteiger partial charge in [-0.1, -0.05) is 5.21 Å². The molecule has 0 bridgehead atoms. The van der Waals surface area contributed by atoms with Crippen molar-refractivity contribution in [2.45, 2.75) is 26.1 Å². The van der Waals surface area contributed by atoms with Crippen LogP contribution in [0.5, 0.6) is 0 Å². The summed E-state index contributed by atoms with van der Waals surface area (Å²) >= 11 is 0. The van der Waals surface area contributed by atoms with E-state index >= 15 is 0 Å². The van der Waals surface area contributed by atoms with Gasteiger partial charge in [-0.15, -0.1) is 5.10 Å². The minimum Gasteiger partial charge on any atom is -0.331 e. The molecule has 1 unspecified atom stereocenters. The molecule has 0 spiro atoms. The lowest BCUT2D eigenvalue weighted by Gasteiger charge is -2.10. The van der Waals surface area contributed by atoms with E-state index in [9.17, 15) is 0 Å². The third kappa shape index (κ3) is 2.21. The van der Waals surface area contributed by atoms with Crippen LogP contribution in [0, 0.1) is 0 Å². The molecule has 0 fully saturated rings. The van der Waals surface area contributed by atoms with E-state index in [2.05, 4.69) is 15.3 Å². The van der Waals surface area contributed by atoms with Crippen molar-refractivity contribution >= 4 is 0 Å². The molecule has 0 aliphatic heterocycles. The first-order chi connectivity index (χ1) is 7.27. The van der Waals surface area contributed by atoms with Crippen LogP contribution >= 0.6 is 0 Å². The number of hydrogen-bond acceptors (Lipinski definition) is 4. The van der Waals surface area contributed by atoms with Crippen LogP contribution in [0.4, 0.5) is 0 Å². The van der Waals surface area contributed by atoms with Gasteiger partial charge in [0.25, 0.3) is 0 Å². The third-order valence-corrected chi connectivity index (χ3v) is 2.25. The molecule has 6 nitrogen and oxygen atoms in total. The maximum absolute atomic E-state index is 5.81. The van der Waals surface area contributed by atoms with E-state index in [-0.39, 0.29) is 6.04 Å². The maximum atomic E-state index is 5.81. The average molecular weight is 206 g/mol. The molecular weight excluding hydrogens is 192 g/mol. The van der Waals surface area contributed by atoms with Crippen LogP contribution in [0.25, 0.3) is 0 Å². The number of nitrogens with two attached hydrogens (primary N) is 1. The molecular formula is C9H14N6. The Bertz CT molecular complexity index is 402. The molecule has 0 saturated heterocycles. The van der Waals surface area contributed by atoms with Crippen LogP contribution in [0.3, 0.4) is 0 Å². The summed E-state index contributed by atoms with van der Waals surface area (Å²) in [5.74, 6) is 0. The number of hydrogen-bond donors (Lipinski definition) is 1. The zero-order valence-electron chi connectivity index (χ0n) is 8.61. The summed E-state index contributed by atoms with van der Waals surface area (Å²) in [6, 6.07) is 0.00301. The molecule has 0 aromatic carbocycles. The van der Waals surface area contributed by atoms with Crippen LogP contribution in [0.2, 0.25) is 0 Å². The highest BCUT2D eigenvalue weighted by atomic mass is 15.4. The van der Waals surface area contributed by atoms with Crippen LogP contribution in [0.1, 0.15) is 18.7 Å². The van der Waals surface area contributed by atoms with E-state index in [4.69, 9.17) is 5.73 Å². The van der Waals surface area contributed by atoms with Crippen molar-refractivity contribution in [2.24, 2.45) is 5.73 Å². The monoisotopic (exact) mass is 206 g/mol. The molecule has 2 aromatic rings. The van der Waals surface area contributed by atoms with Crippen molar-refractivity contribution in [3.05, 3.63) is 30.6 Å². The van der Waals surface area contributed by atoms with E-state index in [0.717, 1.165) is 18.8 Å². The summed E-state index contributed by atoms with van der Waals surface area (Å²) in [6.07, 6.45) is 7.09. The van der Waals surface area contributed by atoms with E-state index < -0.39 is 0 Å². The van der Waals surface area contributed by atoms with E-state index in [0.29, 0.717) is 0 Å². The molecule has 80 valence electrons. The Kier molecular flexibility index (Phi) is 2.77. The minimum atomic E-state index is 0.00301. The van der Waals surface area contributed by atoms with Crippen LogP contribution < -0.4 is 5.73 Å². The molecule has 6 heteroatoms. The van der Waals surface area contributed by atoms with E-state index in [1.807, 2.05) is 17.7 Å². The van der Waals surface area contributed by atoms with E-state index in [1.165, 1.54) is 0 Å². The zero-order valence-corrected chi connectivity index (χ0v) is 8.61. The van der Waals surface area contributed by atoms with Gasteiger partial charge in [0.1, 0.15) is 0 Å². The molecule has 2 rings (SSSR count). The lowest BCUT2D eigenvalue weighted by atomic mass is 10.3. The van der Waals surface area contributed by atoms with Gasteiger partial charge in [-0.05, 0) is 6.92 Å². The fraction of sp³-hybridized carbons (Fsp3) is 0.444. The molecule has 2 aromatic heterocycles. The number of aromatic nitrogens is 5. The van der Waals surface area contributed by atoms with Gasteiger partial charge in [-0.3, -0.25) is 4.68 Å². The standard InChI is InChI=1S/C9H14N6/c1-8(10)9-6-11-7-14(9)4-5-15-3-2-12-13-15/h2-3,6-8H,4-5,10H2,1H3. The summed E-state index contributed by atoms with van der Waals surface area (Å²) in [4.78, 5) is 4.08. The normalized spacial score (nSPS) is 12.9. The number of imidazole rings is 1. The zero-order chi connectivity index (χ0) is 10.7. The summed E-state index contributed by atoms with van der Waals surface area (Å²) in [5, 5.41) is 7.63. The summed E-state index contributed by atoms with van der Waals surface area (Å²) in [6.45, 7) is 3.53. The smallest absolute Gasteiger partial charge is 0.0949 e. The van der Waals surface area contributed by atoms with Gasteiger partial charge < -0.3 is 10.3 Å². The highest BCUT2D eigenvalue weighted by molar-refractivity contribution is 5.02. The predicted molar refractivity (Wildman–Crippen MR) is 54.9 cm³/mol. The molecule has 2 heterocycles. The van der Waals surface area contributed by atoms with Gasteiger partial charge in [-0.2, -0.15) is 0 Å². The Balaban J connectivity index is 2.02. The fourth-order valence-electron chi connectivity index (χ4n) is 1.46. The molecule has 15 heavy (non-hydrogen) atoms. The Hall–Kier alpha value is -1.69. The van der Waals surface area contributed by atoms with Gasteiger partial charge in [0.2, 0.25) is 0 Å². The van der Waals surface area contributed by atoms with Crippen molar-refractivity contribution in [1.29, 1.82) is 0 Å². The lowest BCUT2D eigenvalue weighted by Crippen LogP contribution is -2.14. The first kappa shape index (κ1) is 9.85. The molecule has 0 aliphatic carbocycles. The fourth-order valence-corrected chi connectivity index (χ4v) is 1.46. The Morgan fingerprint density at radius 2 is 2.33 bits per heavy atom. The Morgan fingerprint density at radius 1 is 1.47 bits per heavy atom. The first-order valence-corrected chi connectivity index (χ1v) is 4.87. The van der Waals surface area contributed by atoms with Crippen LogP contribution in [-0.4, -0.2) is 24.5 Å². The second-order valence-electron chi connectivity index (χ2n) is 3.47. The third-order valence-electron chi connectivity index (χ3n) is 2.25. The first-order valence-electron chi connectivity index (χ1n) is 4.87. The minimum absolute atomic E-state index is 0.00301. The summed E-state index contributed by atoms with van der Waals surface area (Å²) < 4.78 is 3.82. The lowest BCUT2D eigenvalue weighted by molar-refractivity contribution is 0.502.